The van der Waals surface area contributed by atoms with Crippen molar-refractivity contribution in [2.75, 3.05) is 6.61 Å². The van der Waals surface area contributed by atoms with Crippen molar-refractivity contribution in [2.24, 2.45) is 5.92 Å². The average Bonchev–Trinajstić information content (AvgIpc) is 2.94. The van der Waals surface area contributed by atoms with E-state index in [-0.39, 0.29) is 0 Å². The molecular formula is C34H54N2O. The lowest BCUT2D eigenvalue weighted by atomic mass is 9.82. The maximum Gasteiger partial charge on any atom is 0.131 e. The van der Waals surface area contributed by atoms with E-state index < -0.39 is 0 Å². The van der Waals surface area contributed by atoms with Crippen molar-refractivity contribution in [3.05, 3.63) is 53.6 Å². The van der Waals surface area contributed by atoms with Gasteiger partial charge >= 0.3 is 0 Å². The summed E-state index contributed by atoms with van der Waals surface area (Å²) in [6, 6.07) is 8.85. The molecule has 1 saturated carbocycles. The van der Waals surface area contributed by atoms with Gasteiger partial charge in [0.05, 0.1) is 6.61 Å². The number of aryl methyl sites for hydroxylation is 2. The fourth-order valence-electron chi connectivity index (χ4n) is 5.65. The fraction of sp³-hybridized carbons (Fsp3) is 0.706. The van der Waals surface area contributed by atoms with Gasteiger partial charge in [-0.05, 0) is 80.5 Å². The van der Waals surface area contributed by atoms with E-state index in [4.69, 9.17) is 14.7 Å². The molecule has 0 atom stereocenters. The summed E-state index contributed by atoms with van der Waals surface area (Å²) < 4.78 is 6.17. The third kappa shape index (κ3) is 12.0. The van der Waals surface area contributed by atoms with Gasteiger partial charge in [0, 0.05) is 18.3 Å². The minimum atomic E-state index is 0.519. The van der Waals surface area contributed by atoms with Crippen LogP contribution in [0.4, 0.5) is 0 Å². The highest BCUT2D eigenvalue weighted by Gasteiger charge is 2.24. The Labute approximate surface area is 228 Å². The molecule has 0 radical (unpaired) electrons. The number of hydrogen-bond acceptors (Lipinski definition) is 3. The molecule has 0 amide bonds. The highest BCUT2D eigenvalue weighted by molar-refractivity contribution is 5.27. The fourth-order valence-corrected chi connectivity index (χ4v) is 5.65. The average molecular weight is 507 g/mol. The van der Waals surface area contributed by atoms with Crippen LogP contribution in [0.25, 0.3) is 0 Å². The van der Waals surface area contributed by atoms with Gasteiger partial charge in [-0.25, -0.2) is 9.97 Å². The summed E-state index contributed by atoms with van der Waals surface area (Å²) in [4.78, 5) is 9.53. The van der Waals surface area contributed by atoms with E-state index in [9.17, 15) is 0 Å². The van der Waals surface area contributed by atoms with Crippen molar-refractivity contribution in [1.29, 1.82) is 0 Å². The highest BCUT2D eigenvalue weighted by atomic mass is 16.5. The summed E-state index contributed by atoms with van der Waals surface area (Å²) in [5.74, 6) is 3.25. The Kier molecular flexibility index (Phi) is 14.7. The number of nitrogens with zero attached hydrogens (tertiary/aromatic N) is 2. The number of benzene rings is 1. The first kappa shape index (κ1) is 29.7. The van der Waals surface area contributed by atoms with Gasteiger partial charge in [-0.15, -0.1) is 0 Å². The van der Waals surface area contributed by atoms with Crippen molar-refractivity contribution in [2.45, 2.75) is 142 Å². The van der Waals surface area contributed by atoms with Crippen LogP contribution in [0.1, 0.15) is 146 Å². The molecule has 1 heterocycles. The van der Waals surface area contributed by atoms with E-state index in [1.165, 1.54) is 127 Å². The van der Waals surface area contributed by atoms with Crippen LogP contribution in [0.2, 0.25) is 0 Å². The van der Waals surface area contributed by atoms with Gasteiger partial charge in [-0.3, -0.25) is 0 Å². The van der Waals surface area contributed by atoms with Gasteiger partial charge in [-0.1, -0.05) is 96.6 Å². The molecule has 0 unspecified atom stereocenters. The lowest BCUT2D eigenvalue weighted by Gasteiger charge is -2.27. The molecule has 1 aliphatic carbocycles. The van der Waals surface area contributed by atoms with Crippen molar-refractivity contribution in [3.63, 3.8) is 0 Å². The molecule has 2 aromatic rings. The molecule has 0 aliphatic heterocycles. The van der Waals surface area contributed by atoms with Crippen LogP contribution < -0.4 is 4.74 Å². The zero-order valence-electron chi connectivity index (χ0n) is 24.1. The van der Waals surface area contributed by atoms with E-state index in [1.54, 1.807) is 0 Å². The zero-order chi connectivity index (χ0) is 26.0. The minimum absolute atomic E-state index is 0.519. The Balaban J connectivity index is 1.27. The predicted molar refractivity (Wildman–Crippen MR) is 157 cm³/mol. The molecule has 0 spiro atoms. The van der Waals surface area contributed by atoms with Crippen LogP contribution in [0, 0.1) is 5.92 Å². The van der Waals surface area contributed by atoms with E-state index in [0.717, 1.165) is 24.6 Å². The Hall–Kier alpha value is -1.90. The highest BCUT2D eigenvalue weighted by Crippen LogP contribution is 2.34. The van der Waals surface area contributed by atoms with Gasteiger partial charge in [0.25, 0.3) is 0 Å². The normalized spacial score (nSPS) is 17.7. The second-order valence-electron chi connectivity index (χ2n) is 11.5. The second kappa shape index (κ2) is 18.4. The van der Waals surface area contributed by atoms with Crippen molar-refractivity contribution in [3.8, 4) is 5.75 Å². The lowest BCUT2D eigenvalue weighted by Crippen LogP contribution is -2.20. The third-order valence-electron chi connectivity index (χ3n) is 8.23. The largest absolute Gasteiger partial charge is 0.493 e. The molecule has 1 aromatic heterocycles. The van der Waals surface area contributed by atoms with Crippen molar-refractivity contribution >= 4 is 0 Å². The van der Waals surface area contributed by atoms with Gasteiger partial charge in [-0.2, -0.15) is 0 Å². The molecule has 1 fully saturated rings. The molecule has 206 valence electrons. The Morgan fingerprint density at radius 1 is 0.622 bits per heavy atom. The summed E-state index contributed by atoms with van der Waals surface area (Å²) in [6.45, 7) is 5.39. The third-order valence-corrected chi connectivity index (χ3v) is 8.23. The summed E-state index contributed by atoms with van der Waals surface area (Å²) >= 11 is 0. The van der Waals surface area contributed by atoms with Crippen LogP contribution in [-0.2, 0) is 12.8 Å². The van der Waals surface area contributed by atoms with Gasteiger partial charge in [0.2, 0.25) is 0 Å². The van der Waals surface area contributed by atoms with Gasteiger partial charge in [0.15, 0.2) is 0 Å². The molecule has 37 heavy (non-hydrogen) atoms. The van der Waals surface area contributed by atoms with Crippen molar-refractivity contribution in [1.82, 2.24) is 9.97 Å². The minimum Gasteiger partial charge on any atom is -0.493 e. The van der Waals surface area contributed by atoms with E-state index in [2.05, 4.69) is 50.5 Å². The maximum atomic E-state index is 6.17. The number of ether oxygens (including phenoxy) is 1. The molecule has 3 heteroatoms. The second-order valence-corrected chi connectivity index (χ2v) is 11.5. The maximum absolute atomic E-state index is 6.17. The number of unbranched alkanes of at least 4 members (excludes halogenated alkanes) is 11. The first-order valence-corrected chi connectivity index (χ1v) is 15.8. The molecular weight excluding hydrogens is 452 g/mol. The van der Waals surface area contributed by atoms with Gasteiger partial charge in [0.1, 0.15) is 11.6 Å². The van der Waals surface area contributed by atoms with Crippen molar-refractivity contribution < 1.29 is 4.74 Å². The Morgan fingerprint density at radius 2 is 1.14 bits per heavy atom. The summed E-state index contributed by atoms with van der Waals surface area (Å²) in [5, 5.41) is 0. The zero-order valence-corrected chi connectivity index (χ0v) is 24.1. The summed E-state index contributed by atoms with van der Waals surface area (Å²) in [7, 11) is 0. The van der Waals surface area contributed by atoms with Crippen LogP contribution in [0.3, 0.4) is 0 Å². The number of rotatable bonds is 19. The lowest BCUT2D eigenvalue weighted by molar-refractivity contribution is 0.198. The van der Waals surface area contributed by atoms with E-state index in [1.807, 2.05) is 0 Å². The molecule has 0 bridgehead atoms. The first-order chi connectivity index (χ1) is 18.3. The molecule has 3 rings (SSSR count). The standard InChI is InChI=1S/C34H54N2O/c1-3-5-7-9-11-13-15-17-31-26-35-34(36-27-31)32-22-18-30(19-23-32)28-37-33-24-20-29(21-25-33)16-14-12-10-8-6-4-2/h20-21,24-27,30,32H,3-19,22-23,28H2,1-2H3. The van der Waals surface area contributed by atoms with E-state index in [0.29, 0.717) is 11.8 Å². The van der Waals surface area contributed by atoms with E-state index >= 15 is 0 Å². The quantitative estimate of drug-likeness (QED) is 0.178. The van der Waals surface area contributed by atoms with Crippen LogP contribution in [0.15, 0.2) is 36.7 Å². The molecule has 3 nitrogen and oxygen atoms in total. The first-order valence-electron chi connectivity index (χ1n) is 15.8. The van der Waals surface area contributed by atoms with Crippen LogP contribution in [-0.4, -0.2) is 16.6 Å². The SMILES string of the molecule is CCCCCCCCCc1cnc(C2CCC(COc3ccc(CCCCCCCC)cc3)CC2)nc1. The summed E-state index contributed by atoms with van der Waals surface area (Å²) in [5.41, 5.74) is 2.74. The van der Waals surface area contributed by atoms with Crippen LogP contribution >= 0.6 is 0 Å². The molecule has 0 N–H and O–H groups in total. The Morgan fingerprint density at radius 3 is 1.70 bits per heavy atom. The molecule has 1 aliphatic rings. The van der Waals surface area contributed by atoms with Crippen LogP contribution in [0.5, 0.6) is 5.75 Å². The monoisotopic (exact) mass is 506 g/mol. The smallest absolute Gasteiger partial charge is 0.131 e. The number of hydrogen-bond donors (Lipinski definition) is 0. The van der Waals surface area contributed by atoms with Gasteiger partial charge < -0.3 is 4.74 Å². The molecule has 0 saturated heterocycles. The topological polar surface area (TPSA) is 35.0 Å². The predicted octanol–water partition coefficient (Wildman–Crippen LogP) is 10.0. The Bertz CT molecular complexity index is 809. The molecule has 1 aromatic carbocycles. The summed E-state index contributed by atoms with van der Waals surface area (Å²) in [6.07, 6.45) is 28.9. The number of aromatic nitrogens is 2.